The molecule has 104 valence electrons. The highest BCUT2D eigenvalue weighted by Gasteiger charge is 2.13. The van der Waals surface area contributed by atoms with Crippen LogP contribution in [0, 0.1) is 5.82 Å². The lowest BCUT2D eigenvalue weighted by molar-refractivity contribution is 0.0991. The van der Waals surface area contributed by atoms with Gasteiger partial charge in [0.25, 0.3) is 0 Å². The van der Waals surface area contributed by atoms with Gasteiger partial charge in [0.15, 0.2) is 5.78 Å². The average Bonchev–Trinajstić information content (AvgIpc) is 2.37. The molecule has 0 atom stereocenters. The quantitative estimate of drug-likeness (QED) is 0.688. The molecule has 0 N–H and O–H groups in total. The lowest BCUT2D eigenvalue weighted by Crippen LogP contribution is -2.05. The zero-order valence-electron chi connectivity index (χ0n) is 10.6. The predicted molar refractivity (Wildman–Crippen MR) is 82.8 cm³/mol. The number of carbonyl (C=O) groups is 1. The fourth-order valence-corrected chi connectivity index (χ4v) is 2.75. The van der Waals surface area contributed by atoms with E-state index in [0.29, 0.717) is 15.8 Å². The standard InChI is InChI=1S/C15H11Br2FO2/c1-20-15-3-2-11(16)5-10(15)7-14(19)9-4-12(17)8-13(18)6-9/h2-6,8H,7H2,1H3. The van der Waals surface area contributed by atoms with Crippen molar-refractivity contribution in [2.24, 2.45) is 0 Å². The Morgan fingerprint density at radius 1 is 1.15 bits per heavy atom. The molecular weight excluding hydrogens is 391 g/mol. The Bertz CT molecular complexity index is 636. The molecule has 0 aliphatic heterocycles. The average molecular weight is 402 g/mol. The first-order valence-electron chi connectivity index (χ1n) is 5.81. The molecule has 2 nitrogen and oxygen atoms in total. The van der Waals surface area contributed by atoms with Crippen LogP contribution in [0.5, 0.6) is 5.75 Å². The molecule has 20 heavy (non-hydrogen) atoms. The Labute approximate surface area is 133 Å². The van der Waals surface area contributed by atoms with E-state index in [9.17, 15) is 9.18 Å². The number of carbonyl (C=O) groups excluding carboxylic acids is 1. The summed E-state index contributed by atoms with van der Waals surface area (Å²) in [4.78, 5) is 12.2. The molecule has 0 saturated heterocycles. The van der Waals surface area contributed by atoms with Crippen LogP contribution in [0.2, 0.25) is 0 Å². The largest absolute Gasteiger partial charge is 0.496 e. The minimum Gasteiger partial charge on any atom is -0.496 e. The first kappa shape index (κ1) is 15.2. The molecule has 0 heterocycles. The fourth-order valence-electron chi connectivity index (χ4n) is 1.88. The number of methoxy groups -OCH3 is 1. The van der Waals surface area contributed by atoms with Crippen molar-refractivity contribution < 1.29 is 13.9 Å². The predicted octanol–water partition coefficient (Wildman–Crippen LogP) is 4.78. The van der Waals surface area contributed by atoms with Gasteiger partial charge in [0.2, 0.25) is 0 Å². The van der Waals surface area contributed by atoms with Gasteiger partial charge in [-0.2, -0.15) is 0 Å². The molecule has 0 aliphatic carbocycles. The third-order valence-electron chi connectivity index (χ3n) is 2.78. The van der Waals surface area contributed by atoms with Gasteiger partial charge in [0.1, 0.15) is 11.6 Å². The zero-order valence-corrected chi connectivity index (χ0v) is 13.8. The van der Waals surface area contributed by atoms with Gasteiger partial charge in [0, 0.05) is 26.5 Å². The van der Waals surface area contributed by atoms with Crippen molar-refractivity contribution in [3.63, 3.8) is 0 Å². The van der Waals surface area contributed by atoms with E-state index in [2.05, 4.69) is 31.9 Å². The SMILES string of the molecule is COc1ccc(Br)cc1CC(=O)c1cc(F)cc(Br)c1. The second-order valence-electron chi connectivity index (χ2n) is 4.21. The van der Waals surface area contributed by atoms with E-state index in [4.69, 9.17) is 4.74 Å². The van der Waals surface area contributed by atoms with E-state index >= 15 is 0 Å². The Balaban J connectivity index is 2.29. The van der Waals surface area contributed by atoms with Gasteiger partial charge in [-0.15, -0.1) is 0 Å². The molecule has 2 rings (SSSR count). The smallest absolute Gasteiger partial charge is 0.167 e. The first-order chi connectivity index (χ1) is 9.49. The summed E-state index contributed by atoms with van der Waals surface area (Å²) in [6, 6.07) is 9.61. The minimum absolute atomic E-state index is 0.151. The molecule has 2 aromatic carbocycles. The van der Waals surface area contributed by atoms with Gasteiger partial charge in [-0.25, -0.2) is 4.39 Å². The summed E-state index contributed by atoms with van der Waals surface area (Å²) in [5.74, 6) is 0.0301. The van der Waals surface area contributed by atoms with E-state index in [0.717, 1.165) is 10.0 Å². The van der Waals surface area contributed by atoms with Crippen LogP contribution in [0.25, 0.3) is 0 Å². The summed E-state index contributed by atoms with van der Waals surface area (Å²) < 4.78 is 20.0. The van der Waals surface area contributed by atoms with Crippen LogP contribution in [0.1, 0.15) is 15.9 Å². The Kier molecular flexibility index (Phi) is 4.94. The second-order valence-corrected chi connectivity index (χ2v) is 6.05. The van der Waals surface area contributed by atoms with Crippen molar-refractivity contribution in [1.82, 2.24) is 0 Å². The first-order valence-corrected chi connectivity index (χ1v) is 7.40. The van der Waals surface area contributed by atoms with Crippen LogP contribution >= 0.6 is 31.9 Å². The highest BCUT2D eigenvalue weighted by Crippen LogP contribution is 2.25. The third-order valence-corrected chi connectivity index (χ3v) is 3.73. The summed E-state index contributed by atoms with van der Waals surface area (Å²) in [5, 5.41) is 0. The number of hydrogen-bond donors (Lipinski definition) is 0. The lowest BCUT2D eigenvalue weighted by atomic mass is 10.0. The molecule has 0 spiro atoms. The number of hydrogen-bond acceptors (Lipinski definition) is 2. The number of ether oxygens (including phenoxy) is 1. The molecule has 2 aromatic rings. The number of halogens is 3. The number of rotatable bonds is 4. The summed E-state index contributed by atoms with van der Waals surface area (Å²) >= 11 is 6.54. The van der Waals surface area contributed by atoms with Crippen LogP contribution in [-0.4, -0.2) is 12.9 Å². The lowest BCUT2D eigenvalue weighted by Gasteiger charge is -2.09. The maximum Gasteiger partial charge on any atom is 0.167 e. The van der Waals surface area contributed by atoms with Crippen molar-refractivity contribution >= 4 is 37.6 Å². The number of ketones is 1. The van der Waals surface area contributed by atoms with E-state index < -0.39 is 5.82 Å². The van der Waals surface area contributed by atoms with Gasteiger partial charge < -0.3 is 4.74 Å². The van der Waals surface area contributed by atoms with Crippen LogP contribution < -0.4 is 4.74 Å². The van der Waals surface area contributed by atoms with E-state index in [1.54, 1.807) is 19.2 Å². The van der Waals surface area contributed by atoms with Crippen LogP contribution in [-0.2, 0) is 6.42 Å². The van der Waals surface area contributed by atoms with Crippen molar-refractivity contribution in [2.45, 2.75) is 6.42 Å². The second kappa shape index (κ2) is 6.50. The van der Waals surface area contributed by atoms with E-state index in [1.807, 2.05) is 12.1 Å². The van der Waals surface area contributed by atoms with Gasteiger partial charge in [-0.05, 0) is 36.4 Å². The molecule has 0 aromatic heterocycles. The highest BCUT2D eigenvalue weighted by atomic mass is 79.9. The molecular formula is C15H11Br2FO2. The third kappa shape index (κ3) is 3.67. The topological polar surface area (TPSA) is 26.3 Å². The monoisotopic (exact) mass is 400 g/mol. The Hall–Kier alpha value is -1.20. The molecule has 0 fully saturated rings. The summed E-state index contributed by atoms with van der Waals surface area (Å²) in [6.07, 6.45) is 0.151. The molecule has 0 bridgehead atoms. The normalized spacial score (nSPS) is 10.4. The molecule has 0 radical (unpaired) electrons. The minimum atomic E-state index is -0.441. The molecule has 0 saturated carbocycles. The number of benzene rings is 2. The Morgan fingerprint density at radius 2 is 1.90 bits per heavy atom. The molecule has 0 unspecified atom stereocenters. The zero-order chi connectivity index (χ0) is 14.7. The van der Waals surface area contributed by atoms with Crippen molar-refractivity contribution in [2.75, 3.05) is 7.11 Å². The van der Waals surface area contributed by atoms with Gasteiger partial charge in [-0.3, -0.25) is 4.79 Å². The van der Waals surface area contributed by atoms with Gasteiger partial charge in [0.05, 0.1) is 7.11 Å². The van der Waals surface area contributed by atoms with E-state index in [-0.39, 0.29) is 12.2 Å². The van der Waals surface area contributed by atoms with E-state index in [1.165, 1.54) is 12.1 Å². The molecule has 0 amide bonds. The number of Topliss-reactive ketones (excluding diaryl/α,β-unsaturated/α-hetero) is 1. The highest BCUT2D eigenvalue weighted by molar-refractivity contribution is 9.10. The summed E-state index contributed by atoms with van der Waals surface area (Å²) in [5.41, 5.74) is 1.09. The molecule has 0 aliphatic rings. The van der Waals surface area contributed by atoms with Crippen molar-refractivity contribution in [1.29, 1.82) is 0 Å². The van der Waals surface area contributed by atoms with Gasteiger partial charge >= 0.3 is 0 Å². The summed E-state index contributed by atoms with van der Waals surface area (Å²) in [6.45, 7) is 0. The Morgan fingerprint density at radius 3 is 2.55 bits per heavy atom. The summed E-state index contributed by atoms with van der Waals surface area (Å²) in [7, 11) is 1.55. The maximum absolute atomic E-state index is 13.3. The maximum atomic E-state index is 13.3. The van der Waals surface area contributed by atoms with Crippen molar-refractivity contribution in [3.8, 4) is 5.75 Å². The van der Waals surface area contributed by atoms with Crippen molar-refractivity contribution in [3.05, 3.63) is 62.3 Å². The fraction of sp³-hybridized carbons (Fsp3) is 0.133. The van der Waals surface area contributed by atoms with Crippen LogP contribution in [0.3, 0.4) is 0 Å². The molecule has 5 heteroatoms. The van der Waals surface area contributed by atoms with Gasteiger partial charge in [-0.1, -0.05) is 31.9 Å². The van der Waals surface area contributed by atoms with Crippen LogP contribution in [0.4, 0.5) is 4.39 Å². The van der Waals surface area contributed by atoms with Crippen LogP contribution in [0.15, 0.2) is 45.3 Å².